The van der Waals surface area contributed by atoms with Gasteiger partial charge in [0.25, 0.3) is 0 Å². The molecule has 0 bridgehead atoms. The lowest BCUT2D eigenvalue weighted by Crippen LogP contribution is -2.23. The van der Waals surface area contributed by atoms with E-state index in [2.05, 4.69) is 10.1 Å². The van der Waals surface area contributed by atoms with Crippen LogP contribution in [-0.2, 0) is 7.05 Å². The summed E-state index contributed by atoms with van der Waals surface area (Å²) in [6.45, 7) is 1.86. The third-order valence-corrected chi connectivity index (χ3v) is 5.19. The highest BCUT2D eigenvalue weighted by Gasteiger charge is 2.20. The van der Waals surface area contributed by atoms with Crippen molar-refractivity contribution in [2.24, 2.45) is 7.05 Å². The lowest BCUT2D eigenvalue weighted by molar-refractivity contribution is 0.305. The SMILES string of the molecule is COc1cc(OC)c(F)c(N(CCO)c2ccc3ncc(-c4cn(C)nc4C)cc3n2)c1. The molecule has 4 aromatic rings. The summed E-state index contributed by atoms with van der Waals surface area (Å²) in [4.78, 5) is 10.8. The van der Waals surface area contributed by atoms with Gasteiger partial charge in [-0.05, 0) is 25.1 Å². The number of pyridine rings is 2. The molecule has 9 heteroatoms. The zero-order valence-electron chi connectivity index (χ0n) is 18.3. The minimum atomic E-state index is -0.568. The van der Waals surface area contributed by atoms with E-state index in [1.54, 1.807) is 27.9 Å². The van der Waals surface area contributed by atoms with E-state index in [9.17, 15) is 5.11 Å². The van der Waals surface area contributed by atoms with Crippen LogP contribution < -0.4 is 14.4 Å². The number of anilines is 2. The molecule has 1 N–H and O–H groups in total. The van der Waals surface area contributed by atoms with Crippen molar-refractivity contribution < 1.29 is 19.0 Å². The molecular formula is C23H24FN5O3. The van der Waals surface area contributed by atoms with E-state index in [-0.39, 0.29) is 24.6 Å². The van der Waals surface area contributed by atoms with Crippen LogP contribution >= 0.6 is 0 Å². The highest BCUT2D eigenvalue weighted by Crippen LogP contribution is 2.36. The molecule has 0 saturated heterocycles. The van der Waals surface area contributed by atoms with Crippen LogP contribution in [0.5, 0.6) is 11.5 Å². The molecule has 0 fully saturated rings. The monoisotopic (exact) mass is 437 g/mol. The predicted octanol–water partition coefficient (Wildman–Crippen LogP) is 3.63. The molecule has 0 aliphatic rings. The van der Waals surface area contributed by atoms with Gasteiger partial charge in [0.05, 0.1) is 43.2 Å². The predicted molar refractivity (Wildman–Crippen MR) is 120 cm³/mol. The standard InChI is InChI=1S/C23H24FN5O3/c1-14-17(13-28(2)27-14)15-9-19-18(25-12-15)5-6-22(26-19)29(7-8-30)20-10-16(31-3)11-21(32-4)23(20)24/h5-6,9-13,30H,7-8H2,1-4H3. The van der Waals surface area contributed by atoms with Crippen molar-refractivity contribution in [1.82, 2.24) is 19.7 Å². The Morgan fingerprint density at radius 2 is 1.94 bits per heavy atom. The van der Waals surface area contributed by atoms with E-state index in [0.29, 0.717) is 22.6 Å². The highest BCUT2D eigenvalue weighted by atomic mass is 19.1. The molecule has 4 rings (SSSR count). The Kier molecular flexibility index (Phi) is 5.91. The van der Waals surface area contributed by atoms with Gasteiger partial charge in [0, 0.05) is 49.2 Å². The average molecular weight is 437 g/mol. The van der Waals surface area contributed by atoms with Gasteiger partial charge in [-0.3, -0.25) is 9.67 Å². The molecule has 0 saturated carbocycles. The quantitative estimate of drug-likeness (QED) is 0.473. The fourth-order valence-electron chi connectivity index (χ4n) is 3.66. The fourth-order valence-corrected chi connectivity index (χ4v) is 3.66. The molecule has 32 heavy (non-hydrogen) atoms. The molecule has 0 aliphatic carbocycles. The van der Waals surface area contributed by atoms with E-state index >= 15 is 4.39 Å². The van der Waals surface area contributed by atoms with Crippen LogP contribution in [0.3, 0.4) is 0 Å². The molecule has 0 spiro atoms. The molecule has 0 atom stereocenters. The summed E-state index contributed by atoms with van der Waals surface area (Å²) in [5, 5.41) is 14.1. The second kappa shape index (κ2) is 8.80. The van der Waals surface area contributed by atoms with Crippen LogP contribution in [0.1, 0.15) is 5.69 Å². The van der Waals surface area contributed by atoms with Crippen LogP contribution in [0.25, 0.3) is 22.2 Å². The van der Waals surface area contributed by atoms with Crippen LogP contribution in [-0.4, -0.2) is 52.2 Å². The van der Waals surface area contributed by atoms with E-state index < -0.39 is 5.82 Å². The zero-order chi connectivity index (χ0) is 22.8. The van der Waals surface area contributed by atoms with E-state index in [1.165, 1.54) is 20.3 Å². The maximum absolute atomic E-state index is 15.1. The Hall–Kier alpha value is -3.72. The van der Waals surface area contributed by atoms with Crippen molar-refractivity contribution in [2.75, 3.05) is 32.3 Å². The number of hydrogen-bond acceptors (Lipinski definition) is 7. The first-order valence-corrected chi connectivity index (χ1v) is 10.0. The first-order chi connectivity index (χ1) is 15.4. The number of aliphatic hydroxyl groups is 1. The number of fused-ring (bicyclic) bond motifs is 1. The largest absolute Gasteiger partial charge is 0.497 e. The number of halogens is 1. The summed E-state index contributed by atoms with van der Waals surface area (Å²) in [7, 11) is 4.75. The topological polar surface area (TPSA) is 85.5 Å². The Balaban J connectivity index is 1.83. The van der Waals surface area contributed by atoms with Gasteiger partial charge in [0.1, 0.15) is 11.6 Å². The fraction of sp³-hybridized carbons (Fsp3) is 0.261. The van der Waals surface area contributed by atoms with Crippen LogP contribution in [0.4, 0.5) is 15.9 Å². The third kappa shape index (κ3) is 3.94. The number of aryl methyl sites for hydroxylation is 2. The number of rotatable bonds is 7. The van der Waals surface area contributed by atoms with Gasteiger partial charge in [-0.2, -0.15) is 5.10 Å². The lowest BCUT2D eigenvalue weighted by Gasteiger charge is -2.25. The minimum Gasteiger partial charge on any atom is -0.497 e. The summed E-state index contributed by atoms with van der Waals surface area (Å²) in [5.41, 5.74) is 4.26. The van der Waals surface area contributed by atoms with Crippen molar-refractivity contribution in [1.29, 1.82) is 0 Å². The Bertz CT molecular complexity index is 1270. The number of aliphatic hydroxyl groups excluding tert-OH is 1. The van der Waals surface area contributed by atoms with Gasteiger partial charge in [-0.15, -0.1) is 0 Å². The van der Waals surface area contributed by atoms with Crippen molar-refractivity contribution in [3.05, 3.63) is 54.2 Å². The smallest absolute Gasteiger partial charge is 0.188 e. The van der Waals surface area contributed by atoms with Crippen molar-refractivity contribution in [3.63, 3.8) is 0 Å². The maximum Gasteiger partial charge on any atom is 0.188 e. The molecule has 166 valence electrons. The van der Waals surface area contributed by atoms with Crippen LogP contribution in [0.15, 0.2) is 42.7 Å². The Morgan fingerprint density at radius 3 is 2.59 bits per heavy atom. The molecule has 1 aromatic carbocycles. The first kappa shape index (κ1) is 21.5. The van der Waals surface area contributed by atoms with Crippen LogP contribution in [0.2, 0.25) is 0 Å². The van der Waals surface area contributed by atoms with E-state index in [1.807, 2.05) is 32.3 Å². The van der Waals surface area contributed by atoms with Gasteiger partial charge in [0.2, 0.25) is 0 Å². The number of benzene rings is 1. The summed E-state index contributed by atoms with van der Waals surface area (Å²) in [6, 6.07) is 8.50. The summed E-state index contributed by atoms with van der Waals surface area (Å²) >= 11 is 0. The van der Waals surface area contributed by atoms with E-state index in [0.717, 1.165) is 16.8 Å². The number of nitrogens with zero attached hydrogens (tertiary/aromatic N) is 5. The Labute approximate surface area is 184 Å². The molecule has 8 nitrogen and oxygen atoms in total. The number of aromatic nitrogens is 4. The molecule has 3 heterocycles. The van der Waals surface area contributed by atoms with Gasteiger partial charge in [-0.1, -0.05) is 0 Å². The van der Waals surface area contributed by atoms with Crippen molar-refractivity contribution >= 4 is 22.5 Å². The molecule has 3 aromatic heterocycles. The Morgan fingerprint density at radius 1 is 1.12 bits per heavy atom. The highest BCUT2D eigenvalue weighted by molar-refractivity contribution is 5.82. The number of ether oxygens (including phenoxy) is 2. The molecule has 0 amide bonds. The van der Waals surface area contributed by atoms with Crippen molar-refractivity contribution in [3.8, 4) is 22.6 Å². The van der Waals surface area contributed by atoms with Gasteiger partial charge < -0.3 is 19.5 Å². The summed E-state index contributed by atoms with van der Waals surface area (Å²) in [5.74, 6) is 0.362. The first-order valence-electron chi connectivity index (χ1n) is 10.0. The van der Waals surface area contributed by atoms with Crippen LogP contribution in [0, 0.1) is 12.7 Å². The molecular weight excluding hydrogens is 413 g/mol. The number of methoxy groups -OCH3 is 2. The minimum absolute atomic E-state index is 0.0408. The second-order valence-electron chi connectivity index (χ2n) is 7.27. The second-order valence-corrected chi connectivity index (χ2v) is 7.27. The number of hydrogen-bond donors (Lipinski definition) is 1. The zero-order valence-corrected chi connectivity index (χ0v) is 18.3. The normalized spacial score (nSPS) is 11.1. The van der Waals surface area contributed by atoms with Gasteiger partial charge in [-0.25, -0.2) is 9.37 Å². The lowest BCUT2D eigenvalue weighted by atomic mass is 10.1. The molecule has 0 aliphatic heterocycles. The average Bonchev–Trinajstić information content (AvgIpc) is 3.15. The summed E-state index contributed by atoms with van der Waals surface area (Å²) in [6.07, 6.45) is 3.71. The maximum atomic E-state index is 15.1. The van der Waals surface area contributed by atoms with Gasteiger partial charge in [0.15, 0.2) is 11.6 Å². The molecule has 0 unspecified atom stereocenters. The van der Waals surface area contributed by atoms with Crippen molar-refractivity contribution in [2.45, 2.75) is 6.92 Å². The van der Waals surface area contributed by atoms with E-state index in [4.69, 9.17) is 14.5 Å². The third-order valence-electron chi connectivity index (χ3n) is 5.19. The van der Waals surface area contributed by atoms with Gasteiger partial charge >= 0.3 is 0 Å². The summed E-state index contributed by atoms with van der Waals surface area (Å²) < 4.78 is 27.3. The molecule has 0 radical (unpaired) electrons.